The van der Waals surface area contributed by atoms with Gasteiger partial charge in [0, 0.05) is 21.7 Å². The highest BCUT2D eigenvalue weighted by Crippen LogP contribution is 2.35. The second-order valence-corrected chi connectivity index (χ2v) is 7.20. The summed E-state index contributed by atoms with van der Waals surface area (Å²) in [6.45, 7) is 1.91. The van der Waals surface area contributed by atoms with Crippen LogP contribution in [0.2, 0.25) is 10.0 Å². The average molecular weight is 417 g/mol. The van der Waals surface area contributed by atoms with Crippen LogP contribution < -0.4 is 14.2 Å². The number of hydrogen-bond donors (Lipinski definition) is 1. The Morgan fingerprint density at radius 3 is 2.54 bits per heavy atom. The third-order valence-electron chi connectivity index (χ3n) is 3.30. The van der Waals surface area contributed by atoms with Crippen LogP contribution >= 0.6 is 35.0 Å². The van der Waals surface area contributed by atoms with Crippen molar-refractivity contribution in [2.45, 2.75) is 11.8 Å². The molecule has 0 aliphatic carbocycles. The molecule has 1 N–H and O–H groups in total. The van der Waals surface area contributed by atoms with E-state index in [4.69, 9.17) is 42.5 Å². The van der Waals surface area contributed by atoms with Gasteiger partial charge >= 0.3 is 5.97 Å². The van der Waals surface area contributed by atoms with Gasteiger partial charge in [0.1, 0.15) is 17.2 Å². The van der Waals surface area contributed by atoms with Crippen molar-refractivity contribution in [2.24, 2.45) is 0 Å². The molecule has 8 heteroatoms. The predicted octanol–water partition coefficient (Wildman–Crippen LogP) is 4.94. The third-order valence-corrected chi connectivity index (χ3v) is 4.84. The molecule has 2 aromatic rings. The number of hydrogen-bond acceptors (Lipinski definition) is 5. The molecular weight excluding hydrogens is 399 g/mol. The van der Waals surface area contributed by atoms with Gasteiger partial charge in [0.2, 0.25) is 0 Å². The van der Waals surface area contributed by atoms with Crippen molar-refractivity contribution in [1.82, 2.24) is 0 Å². The molecule has 0 heterocycles. The van der Waals surface area contributed by atoms with E-state index < -0.39 is 12.6 Å². The predicted molar refractivity (Wildman–Crippen MR) is 104 cm³/mol. The fraction of sp³-hybridized carbons (Fsp3) is 0.278. The highest BCUT2D eigenvalue weighted by molar-refractivity contribution is 7.99. The van der Waals surface area contributed by atoms with Gasteiger partial charge in [0.15, 0.2) is 6.61 Å². The summed E-state index contributed by atoms with van der Waals surface area (Å²) in [4.78, 5) is 11.6. The maximum Gasteiger partial charge on any atom is 0.341 e. The summed E-state index contributed by atoms with van der Waals surface area (Å²) in [6.07, 6.45) is 0. The number of aryl methyl sites for hydroxylation is 1. The van der Waals surface area contributed by atoms with Gasteiger partial charge in [-0.1, -0.05) is 23.2 Å². The molecule has 0 atom stereocenters. The molecule has 0 saturated heterocycles. The van der Waals surface area contributed by atoms with Gasteiger partial charge in [-0.2, -0.15) is 0 Å². The third kappa shape index (κ3) is 5.90. The Morgan fingerprint density at radius 2 is 1.88 bits per heavy atom. The summed E-state index contributed by atoms with van der Waals surface area (Å²) in [5, 5.41) is 9.75. The standard InChI is InChI=1S/C18H18Cl2O5S/c1-11-7-17(16(23-2)9-15(11)25-10-18(21)22)26-6-5-24-14-4-3-12(19)8-13(14)20/h3-4,7-9H,5-6,10H2,1-2H3,(H,21,22). The average Bonchev–Trinajstić information content (AvgIpc) is 2.59. The summed E-state index contributed by atoms with van der Waals surface area (Å²) in [6, 6.07) is 8.67. The van der Waals surface area contributed by atoms with Crippen molar-refractivity contribution in [1.29, 1.82) is 0 Å². The number of aliphatic carboxylic acids is 1. The topological polar surface area (TPSA) is 65.0 Å². The molecule has 0 bridgehead atoms. The molecule has 26 heavy (non-hydrogen) atoms. The number of methoxy groups -OCH3 is 1. The van der Waals surface area contributed by atoms with Crippen LogP contribution in [0.4, 0.5) is 0 Å². The first-order valence-electron chi connectivity index (χ1n) is 7.64. The molecule has 0 aliphatic heterocycles. The molecule has 0 fully saturated rings. The number of carboxylic acids is 1. The first-order chi connectivity index (χ1) is 12.4. The van der Waals surface area contributed by atoms with Crippen molar-refractivity contribution >= 4 is 40.9 Å². The minimum atomic E-state index is -1.03. The van der Waals surface area contributed by atoms with Crippen LogP contribution in [0.25, 0.3) is 0 Å². The van der Waals surface area contributed by atoms with E-state index in [1.807, 2.05) is 13.0 Å². The molecule has 140 valence electrons. The minimum Gasteiger partial charge on any atom is -0.495 e. The van der Waals surface area contributed by atoms with E-state index in [0.717, 1.165) is 10.5 Å². The van der Waals surface area contributed by atoms with E-state index in [1.54, 1.807) is 43.1 Å². The van der Waals surface area contributed by atoms with Crippen molar-refractivity contribution in [3.8, 4) is 17.2 Å². The second kappa shape index (κ2) is 9.80. The van der Waals surface area contributed by atoms with Gasteiger partial charge in [0.05, 0.1) is 18.7 Å². The van der Waals surface area contributed by atoms with Gasteiger partial charge in [-0.3, -0.25) is 0 Å². The smallest absolute Gasteiger partial charge is 0.341 e. The van der Waals surface area contributed by atoms with Crippen LogP contribution in [0.3, 0.4) is 0 Å². The Kier molecular flexibility index (Phi) is 7.75. The number of carboxylic acid groups (broad SMARTS) is 1. The van der Waals surface area contributed by atoms with Crippen LogP contribution in [0.1, 0.15) is 5.56 Å². The van der Waals surface area contributed by atoms with Crippen molar-refractivity contribution in [3.05, 3.63) is 45.9 Å². The SMILES string of the molecule is COc1cc(OCC(=O)O)c(C)cc1SCCOc1ccc(Cl)cc1Cl. The monoisotopic (exact) mass is 416 g/mol. The molecular formula is C18H18Cl2O5S. The number of rotatable bonds is 9. The Bertz CT molecular complexity index is 782. The lowest BCUT2D eigenvalue weighted by Crippen LogP contribution is -2.10. The van der Waals surface area contributed by atoms with E-state index in [9.17, 15) is 4.79 Å². The van der Waals surface area contributed by atoms with Crippen LogP contribution in [-0.4, -0.2) is 37.2 Å². The number of thioether (sulfide) groups is 1. The van der Waals surface area contributed by atoms with Gasteiger partial charge < -0.3 is 19.3 Å². The highest BCUT2D eigenvalue weighted by atomic mass is 35.5. The lowest BCUT2D eigenvalue weighted by Gasteiger charge is -2.14. The van der Waals surface area contributed by atoms with E-state index in [2.05, 4.69) is 0 Å². The number of ether oxygens (including phenoxy) is 3. The molecule has 2 aromatic carbocycles. The number of halogens is 2. The van der Waals surface area contributed by atoms with E-state index in [1.165, 1.54) is 0 Å². The maximum absolute atomic E-state index is 10.6. The van der Waals surface area contributed by atoms with Crippen molar-refractivity contribution in [2.75, 3.05) is 26.1 Å². The fourth-order valence-electron chi connectivity index (χ4n) is 2.11. The highest BCUT2D eigenvalue weighted by Gasteiger charge is 2.11. The quantitative estimate of drug-likeness (QED) is 0.460. The van der Waals surface area contributed by atoms with Crippen molar-refractivity contribution < 1.29 is 24.1 Å². The molecule has 0 radical (unpaired) electrons. The van der Waals surface area contributed by atoms with Gasteiger partial charge in [-0.25, -0.2) is 4.79 Å². The number of benzene rings is 2. The second-order valence-electron chi connectivity index (χ2n) is 5.22. The van der Waals surface area contributed by atoms with Gasteiger partial charge in [-0.15, -0.1) is 11.8 Å². The molecule has 5 nitrogen and oxygen atoms in total. The lowest BCUT2D eigenvalue weighted by molar-refractivity contribution is -0.139. The van der Waals surface area contributed by atoms with Crippen LogP contribution in [0, 0.1) is 6.92 Å². The zero-order valence-corrected chi connectivity index (χ0v) is 16.6. The summed E-state index contributed by atoms with van der Waals surface area (Å²) >= 11 is 13.5. The first kappa shape index (κ1) is 20.6. The van der Waals surface area contributed by atoms with E-state index in [-0.39, 0.29) is 0 Å². The Balaban J connectivity index is 1.95. The zero-order chi connectivity index (χ0) is 19.1. The zero-order valence-electron chi connectivity index (χ0n) is 14.3. The largest absolute Gasteiger partial charge is 0.495 e. The minimum absolute atomic E-state index is 0.397. The Hall–Kier alpha value is -1.76. The number of carbonyl (C=O) groups is 1. The summed E-state index contributed by atoms with van der Waals surface area (Å²) in [5.74, 6) is 1.32. The fourth-order valence-corrected chi connectivity index (χ4v) is 3.50. The lowest BCUT2D eigenvalue weighted by atomic mass is 10.2. The molecule has 0 unspecified atom stereocenters. The molecule has 0 saturated carbocycles. The summed E-state index contributed by atoms with van der Waals surface area (Å²) < 4.78 is 16.3. The molecule has 0 spiro atoms. The summed E-state index contributed by atoms with van der Waals surface area (Å²) in [7, 11) is 1.56. The molecule has 0 aromatic heterocycles. The Morgan fingerprint density at radius 1 is 1.12 bits per heavy atom. The van der Waals surface area contributed by atoms with Crippen LogP contribution in [-0.2, 0) is 4.79 Å². The Labute approximate surface area is 166 Å². The normalized spacial score (nSPS) is 10.5. The van der Waals surface area contributed by atoms with E-state index in [0.29, 0.717) is 39.7 Å². The molecule has 2 rings (SSSR count). The summed E-state index contributed by atoms with van der Waals surface area (Å²) in [5.41, 5.74) is 0.830. The van der Waals surface area contributed by atoms with Crippen LogP contribution in [0.15, 0.2) is 35.2 Å². The maximum atomic E-state index is 10.6. The van der Waals surface area contributed by atoms with Gasteiger partial charge in [0.25, 0.3) is 0 Å². The molecule has 0 amide bonds. The molecule has 0 aliphatic rings. The van der Waals surface area contributed by atoms with Crippen molar-refractivity contribution in [3.63, 3.8) is 0 Å². The van der Waals surface area contributed by atoms with Gasteiger partial charge in [-0.05, 0) is 36.8 Å². The van der Waals surface area contributed by atoms with E-state index >= 15 is 0 Å². The van der Waals surface area contributed by atoms with Crippen LogP contribution in [0.5, 0.6) is 17.2 Å². The first-order valence-corrected chi connectivity index (χ1v) is 9.38.